The lowest BCUT2D eigenvalue weighted by molar-refractivity contribution is 0.390. The Morgan fingerprint density at radius 3 is 2.11 bits per heavy atom. The summed E-state index contributed by atoms with van der Waals surface area (Å²) < 4.78 is 0. The molecule has 0 heterocycles. The van der Waals surface area contributed by atoms with Crippen molar-refractivity contribution in [3.05, 3.63) is 0 Å². The minimum atomic E-state index is 0.721. The van der Waals surface area contributed by atoms with E-state index < -0.39 is 0 Å². The van der Waals surface area contributed by atoms with Crippen LogP contribution in [0.25, 0.3) is 0 Å². The molecule has 0 atom stereocenters. The van der Waals surface area contributed by atoms with Crippen LogP contribution in [0.1, 0.15) is 85.0 Å². The van der Waals surface area contributed by atoms with Crippen LogP contribution in [-0.4, -0.2) is 13.1 Å². The molecule has 1 aliphatic carbocycles. The van der Waals surface area contributed by atoms with E-state index >= 15 is 0 Å². The van der Waals surface area contributed by atoms with Crippen molar-refractivity contribution in [1.82, 2.24) is 5.32 Å². The fraction of sp³-hybridized carbons (Fsp3) is 1.00. The molecule has 0 saturated heterocycles. The molecular formula is C17H35N. The van der Waals surface area contributed by atoms with Gasteiger partial charge in [0.1, 0.15) is 0 Å². The van der Waals surface area contributed by atoms with Crippen molar-refractivity contribution < 1.29 is 0 Å². The summed E-state index contributed by atoms with van der Waals surface area (Å²) in [6.07, 6.45) is 14.6. The summed E-state index contributed by atoms with van der Waals surface area (Å²) in [6, 6.07) is 0. The number of hydrogen-bond donors (Lipinski definition) is 1. The van der Waals surface area contributed by atoms with E-state index in [1.165, 1.54) is 77.3 Å². The molecule has 0 aromatic heterocycles. The van der Waals surface area contributed by atoms with E-state index in [4.69, 9.17) is 0 Å². The largest absolute Gasteiger partial charge is 0.316 e. The molecule has 1 saturated carbocycles. The molecule has 0 unspecified atom stereocenters. The Morgan fingerprint density at radius 1 is 0.944 bits per heavy atom. The van der Waals surface area contributed by atoms with Crippen LogP contribution < -0.4 is 5.32 Å². The third kappa shape index (κ3) is 7.41. The predicted molar refractivity (Wildman–Crippen MR) is 82.0 cm³/mol. The van der Waals surface area contributed by atoms with Crippen LogP contribution in [0.2, 0.25) is 0 Å². The molecule has 1 aliphatic rings. The topological polar surface area (TPSA) is 12.0 Å². The molecule has 18 heavy (non-hydrogen) atoms. The quantitative estimate of drug-likeness (QED) is 0.474. The van der Waals surface area contributed by atoms with E-state index in [0.29, 0.717) is 0 Å². The van der Waals surface area contributed by atoms with Gasteiger partial charge in [0.15, 0.2) is 0 Å². The van der Waals surface area contributed by atoms with Gasteiger partial charge in [-0.05, 0) is 37.1 Å². The van der Waals surface area contributed by atoms with Gasteiger partial charge in [0.05, 0.1) is 0 Å². The minimum Gasteiger partial charge on any atom is -0.316 e. The Balaban J connectivity index is 1.91. The van der Waals surface area contributed by atoms with Crippen molar-refractivity contribution in [1.29, 1.82) is 0 Å². The van der Waals surface area contributed by atoms with Crippen molar-refractivity contribution in [2.24, 2.45) is 11.3 Å². The van der Waals surface area contributed by atoms with Crippen LogP contribution in [-0.2, 0) is 0 Å². The zero-order chi connectivity index (χ0) is 13.3. The minimum absolute atomic E-state index is 0.721. The Bertz CT molecular complexity index is 194. The number of rotatable bonds is 12. The maximum Gasteiger partial charge on any atom is 0.000792 e. The third-order valence-corrected chi connectivity index (χ3v) is 4.32. The average Bonchev–Trinajstić information content (AvgIpc) is 3.08. The first-order valence-electron chi connectivity index (χ1n) is 8.39. The molecule has 0 bridgehead atoms. The fourth-order valence-corrected chi connectivity index (χ4v) is 2.78. The van der Waals surface area contributed by atoms with Gasteiger partial charge in [-0.3, -0.25) is 0 Å². The maximum absolute atomic E-state index is 3.66. The molecule has 1 N–H and O–H groups in total. The van der Waals surface area contributed by atoms with Crippen LogP contribution in [0.5, 0.6) is 0 Å². The summed E-state index contributed by atoms with van der Waals surface area (Å²) in [5, 5.41) is 3.66. The van der Waals surface area contributed by atoms with Gasteiger partial charge in [0.25, 0.3) is 0 Å². The Kier molecular flexibility index (Phi) is 7.97. The van der Waals surface area contributed by atoms with Crippen molar-refractivity contribution >= 4 is 0 Å². The van der Waals surface area contributed by atoms with Crippen LogP contribution in [0.4, 0.5) is 0 Å². The highest BCUT2D eigenvalue weighted by molar-refractivity contribution is 4.94. The maximum atomic E-state index is 3.66. The highest BCUT2D eigenvalue weighted by Gasteiger charge is 2.40. The van der Waals surface area contributed by atoms with Crippen molar-refractivity contribution in [3.8, 4) is 0 Å². The summed E-state index contributed by atoms with van der Waals surface area (Å²) >= 11 is 0. The molecule has 1 heteroatoms. The van der Waals surface area contributed by atoms with E-state index in [2.05, 4.69) is 26.1 Å². The summed E-state index contributed by atoms with van der Waals surface area (Å²) in [5.74, 6) is 0.791. The first-order chi connectivity index (χ1) is 8.68. The van der Waals surface area contributed by atoms with Crippen LogP contribution >= 0.6 is 0 Å². The molecule has 0 spiro atoms. The summed E-state index contributed by atoms with van der Waals surface area (Å²) in [7, 11) is 0. The average molecular weight is 253 g/mol. The van der Waals surface area contributed by atoms with Gasteiger partial charge >= 0.3 is 0 Å². The van der Waals surface area contributed by atoms with E-state index in [0.717, 1.165) is 11.3 Å². The first-order valence-corrected chi connectivity index (χ1v) is 8.39. The van der Waals surface area contributed by atoms with Crippen molar-refractivity contribution in [2.45, 2.75) is 85.0 Å². The Morgan fingerprint density at radius 2 is 1.56 bits per heavy atom. The van der Waals surface area contributed by atoms with Gasteiger partial charge in [0.2, 0.25) is 0 Å². The molecule has 1 rings (SSSR count). The van der Waals surface area contributed by atoms with Crippen molar-refractivity contribution in [3.63, 3.8) is 0 Å². The molecule has 0 aromatic rings. The van der Waals surface area contributed by atoms with Gasteiger partial charge in [-0.1, -0.05) is 65.7 Å². The van der Waals surface area contributed by atoms with Gasteiger partial charge in [-0.25, -0.2) is 0 Å². The molecule has 108 valence electrons. The standard InChI is InChI=1S/C17H35N/c1-4-5-6-7-8-9-10-11-17(12-13-17)15-18-14-16(2)3/h16,18H,4-15H2,1-3H3. The second kappa shape index (κ2) is 8.96. The van der Waals surface area contributed by atoms with E-state index in [9.17, 15) is 0 Å². The molecule has 1 fully saturated rings. The highest BCUT2D eigenvalue weighted by Crippen LogP contribution is 2.49. The highest BCUT2D eigenvalue weighted by atomic mass is 14.9. The lowest BCUT2D eigenvalue weighted by Crippen LogP contribution is -2.27. The molecule has 0 aliphatic heterocycles. The fourth-order valence-electron chi connectivity index (χ4n) is 2.78. The van der Waals surface area contributed by atoms with Gasteiger partial charge in [0, 0.05) is 6.54 Å². The second-order valence-electron chi connectivity index (χ2n) is 6.90. The van der Waals surface area contributed by atoms with Crippen LogP contribution in [0.15, 0.2) is 0 Å². The summed E-state index contributed by atoms with van der Waals surface area (Å²) in [5.41, 5.74) is 0.721. The lowest BCUT2D eigenvalue weighted by Gasteiger charge is -2.17. The normalized spacial score (nSPS) is 17.3. The monoisotopic (exact) mass is 253 g/mol. The zero-order valence-corrected chi connectivity index (χ0v) is 13.1. The molecule has 0 aromatic carbocycles. The molecule has 0 amide bonds. The Labute approximate surface area is 115 Å². The molecular weight excluding hydrogens is 218 g/mol. The van der Waals surface area contributed by atoms with Gasteiger partial charge < -0.3 is 5.32 Å². The molecule has 1 nitrogen and oxygen atoms in total. The summed E-state index contributed by atoms with van der Waals surface area (Å²) in [4.78, 5) is 0. The third-order valence-electron chi connectivity index (χ3n) is 4.32. The number of nitrogens with one attached hydrogen (secondary N) is 1. The van der Waals surface area contributed by atoms with E-state index in [1.54, 1.807) is 0 Å². The summed E-state index contributed by atoms with van der Waals surface area (Å²) in [6.45, 7) is 9.35. The number of hydrogen-bond acceptors (Lipinski definition) is 1. The Hall–Kier alpha value is -0.0400. The van der Waals surface area contributed by atoms with Gasteiger partial charge in [-0.15, -0.1) is 0 Å². The first kappa shape index (κ1) is 16.0. The smallest absolute Gasteiger partial charge is 0.000792 e. The lowest BCUT2D eigenvalue weighted by atomic mass is 9.97. The van der Waals surface area contributed by atoms with E-state index in [-0.39, 0.29) is 0 Å². The second-order valence-corrected chi connectivity index (χ2v) is 6.90. The zero-order valence-electron chi connectivity index (χ0n) is 13.1. The van der Waals surface area contributed by atoms with Crippen LogP contribution in [0, 0.1) is 11.3 Å². The van der Waals surface area contributed by atoms with Crippen molar-refractivity contribution in [2.75, 3.05) is 13.1 Å². The van der Waals surface area contributed by atoms with Gasteiger partial charge in [-0.2, -0.15) is 0 Å². The number of unbranched alkanes of at least 4 members (excludes halogenated alkanes) is 6. The van der Waals surface area contributed by atoms with Crippen LogP contribution in [0.3, 0.4) is 0 Å². The van der Waals surface area contributed by atoms with E-state index in [1.807, 2.05) is 0 Å². The predicted octanol–water partition coefficient (Wildman–Crippen LogP) is 5.15. The SMILES string of the molecule is CCCCCCCCCC1(CNCC(C)C)CC1. The molecule has 0 radical (unpaired) electrons.